The molecule has 1 aromatic carbocycles. The fraction of sp³-hybridized carbons (Fsp3) is 0.176. The molecule has 24 heavy (non-hydrogen) atoms. The zero-order valence-electron chi connectivity index (χ0n) is 13.5. The van der Waals surface area contributed by atoms with Crippen LogP contribution in [0.2, 0.25) is 0 Å². The first-order chi connectivity index (χ1) is 11.6. The van der Waals surface area contributed by atoms with E-state index in [1.54, 1.807) is 12.3 Å². The first-order valence-electron chi connectivity index (χ1n) is 7.49. The Balaban J connectivity index is 1.88. The number of aromatic amines is 1. The minimum atomic E-state index is -0.425. The molecule has 0 spiro atoms. The van der Waals surface area contributed by atoms with Gasteiger partial charge in [-0.25, -0.2) is 4.98 Å². The van der Waals surface area contributed by atoms with Crippen LogP contribution in [0.5, 0.6) is 0 Å². The maximum Gasteiger partial charge on any atom is 0.270 e. The zero-order chi connectivity index (χ0) is 16.9. The average molecular weight is 322 g/mol. The predicted molar refractivity (Wildman–Crippen MR) is 90.7 cm³/mol. The number of H-pyrrole nitrogens is 1. The molecule has 3 rings (SSSR count). The molecule has 1 unspecified atom stereocenters. The van der Waals surface area contributed by atoms with E-state index in [2.05, 4.69) is 25.5 Å². The van der Waals surface area contributed by atoms with Gasteiger partial charge in [-0.3, -0.25) is 14.9 Å². The van der Waals surface area contributed by atoms with Gasteiger partial charge in [0, 0.05) is 26.0 Å². The molecule has 0 radical (unpaired) electrons. The molecule has 122 valence electrons. The lowest BCUT2D eigenvalue weighted by Gasteiger charge is -2.17. The number of anilines is 1. The van der Waals surface area contributed by atoms with Crippen molar-refractivity contribution in [3.05, 3.63) is 72.1 Å². The molecule has 0 fully saturated rings. The molecule has 2 aromatic heterocycles. The highest BCUT2D eigenvalue weighted by Gasteiger charge is 2.21. The highest BCUT2D eigenvalue weighted by atomic mass is 16.1. The largest absolute Gasteiger partial charge is 0.378 e. The third-order valence-corrected chi connectivity index (χ3v) is 3.61. The molecule has 3 aromatic rings. The quantitative estimate of drug-likeness (QED) is 0.748. The Morgan fingerprint density at radius 1 is 1.17 bits per heavy atom. The Hall–Kier alpha value is -3.22. The van der Waals surface area contributed by atoms with Crippen molar-refractivity contribution in [1.29, 1.82) is 0 Å². The van der Waals surface area contributed by atoms with Gasteiger partial charge in [-0.15, -0.1) is 0 Å². The molecule has 0 aliphatic heterocycles. The van der Waals surface area contributed by atoms with Crippen LogP contribution >= 0.6 is 0 Å². The summed E-state index contributed by atoms with van der Waals surface area (Å²) in [6, 6.07) is 12.8. The highest BCUT2D eigenvalue weighted by molar-refractivity contribution is 5.93. The molecule has 2 N–H and O–H groups in total. The van der Waals surface area contributed by atoms with E-state index in [1.807, 2.05) is 55.4 Å². The van der Waals surface area contributed by atoms with E-state index in [9.17, 15) is 4.79 Å². The smallest absolute Gasteiger partial charge is 0.270 e. The molecule has 1 amide bonds. The molecule has 7 nitrogen and oxygen atoms in total. The van der Waals surface area contributed by atoms with Crippen LogP contribution in [0.15, 0.2) is 55.0 Å². The molecule has 0 saturated heterocycles. The number of aromatic nitrogens is 4. The predicted octanol–water partition coefficient (Wildman–Crippen LogP) is 1.79. The number of carbonyl (C=O) groups is 1. The molecule has 1 atom stereocenters. The summed E-state index contributed by atoms with van der Waals surface area (Å²) >= 11 is 0. The third-order valence-electron chi connectivity index (χ3n) is 3.61. The van der Waals surface area contributed by atoms with E-state index >= 15 is 0 Å². The second kappa shape index (κ2) is 6.91. The van der Waals surface area contributed by atoms with Crippen molar-refractivity contribution in [2.75, 3.05) is 19.0 Å². The summed E-state index contributed by atoms with van der Waals surface area (Å²) < 4.78 is 0. The fourth-order valence-corrected chi connectivity index (χ4v) is 2.34. The summed E-state index contributed by atoms with van der Waals surface area (Å²) in [7, 11) is 3.83. The first-order valence-corrected chi connectivity index (χ1v) is 7.49. The van der Waals surface area contributed by atoms with Gasteiger partial charge in [-0.2, -0.15) is 5.10 Å². The van der Waals surface area contributed by atoms with Crippen LogP contribution in [0, 0.1) is 0 Å². The van der Waals surface area contributed by atoms with Crippen LogP contribution in [-0.4, -0.2) is 40.2 Å². The number of benzene rings is 1. The van der Waals surface area contributed by atoms with Gasteiger partial charge in [-0.1, -0.05) is 30.3 Å². The summed E-state index contributed by atoms with van der Waals surface area (Å²) in [5, 5.41) is 9.66. The Morgan fingerprint density at radius 3 is 2.62 bits per heavy atom. The van der Waals surface area contributed by atoms with Gasteiger partial charge in [0.25, 0.3) is 5.91 Å². The van der Waals surface area contributed by atoms with Crippen LogP contribution in [0.3, 0.4) is 0 Å². The van der Waals surface area contributed by atoms with Gasteiger partial charge in [0.2, 0.25) is 0 Å². The van der Waals surface area contributed by atoms with Crippen molar-refractivity contribution in [1.82, 2.24) is 25.5 Å². The Morgan fingerprint density at radius 2 is 1.96 bits per heavy atom. The normalized spacial score (nSPS) is 11.8. The fourth-order valence-electron chi connectivity index (χ4n) is 2.34. The summed E-state index contributed by atoms with van der Waals surface area (Å²) in [5.74, 6) is 0.294. The Bertz CT molecular complexity index is 801. The number of hydrogen-bond donors (Lipinski definition) is 2. The molecule has 7 heteroatoms. The standard InChI is InChI=1S/C17H18N6O/c1-23(2)13-8-9-18-14(10-13)17(24)21-15(16-19-11-20-22-16)12-6-4-3-5-7-12/h3-11,15H,1-2H3,(H,21,24)(H,19,20,22). The molecule has 0 bridgehead atoms. The second-order valence-electron chi connectivity index (χ2n) is 5.48. The third kappa shape index (κ3) is 3.40. The summed E-state index contributed by atoms with van der Waals surface area (Å²) in [6.07, 6.45) is 3.04. The van der Waals surface area contributed by atoms with Gasteiger partial charge < -0.3 is 10.2 Å². The van der Waals surface area contributed by atoms with Gasteiger partial charge in [0.15, 0.2) is 5.82 Å². The Kier molecular flexibility index (Phi) is 4.51. The van der Waals surface area contributed by atoms with Crippen molar-refractivity contribution >= 4 is 11.6 Å². The Labute approximate surface area is 139 Å². The number of carbonyl (C=O) groups excluding carboxylic acids is 1. The van der Waals surface area contributed by atoms with Gasteiger partial charge in [0.1, 0.15) is 18.1 Å². The van der Waals surface area contributed by atoms with E-state index in [1.165, 1.54) is 6.33 Å². The topological polar surface area (TPSA) is 86.8 Å². The lowest BCUT2D eigenvalue weighted by atomic mass is 10.1. The minimum absolute atomic E-state index is 0.274. The summed E-state index contributed by atoms with van der Waals surface area (Å²) in [4.78, 5) is 22.9. The maximum absolute atomic E-state index is 12.6. The minimum Gasteiger partial charge on any atom is -0.378 e. The maximum atomic E-state index is 12.6. The first kappa shape index (κ1) is 15.7. The number of hydrogen-bond acceptors (Lipinski definition) is 5. The van der Waals surface area contributed by atoms with Crippen molar-refractivity contribution in [2.45, 2.75) is 6.04 Å². The van der Waals surface area contributed by atoms with E-state index < -0.39 is 6.04 Å². The molecule has 2 heterocycles. The molecular formula is C17H18N6O. The SMILES string of the molecule is CN(C)c1ccnc(C(=O)NC(c2ccccc2)c2ncn[nH]2)c1. The number of pyridine rings is 1. The average Bonchev–Trinajstić information content (AvgIpc) is 3.14. The van der Waals surface area contributed by atoms with Crippen LogP contribution in [0.1, 0.15) is 27.9 Å². The summed E-state index contributed by atoms with van der Waals surface area (Å²) in [5.41, 5.74) is 2.17. The van der Waals surface area contributed by atoms with Crippen molar-refractivity contribution in [2.24, 2.45) is 0 Å². The summed E-state index contributed by atoms with van der Waals surface area (Å²) in [6.45, 7) is 0. The molecule has 0 aliphatic carbocycles. The van der Waals surface area contributed by atoms with E-state index in [0.717, 1.165) is 11.3 Å². The molecular weight excluding hydrogens is 304 g/mol. The van der Waals surface area contributed by atoms with E-state index in [4.69, 9.17) is 0 Å². The van der Waals surface area contributed by atoms with Crippen LogP contribution < -0.4 is 10.2 Å². The monoisotopic (exact) mass is 322 g/mol. The van der Waals surface area contributed by atoms with Gasteiger partial charge in [-0.05, 0) is 17.7 Å². The molecule has 0 saturated carbocycles. The van der Waals surface area contributed by atoms with Crippen molar-refractivity contribution < 1.29 is 4.79 Å². The number of rotatable bonds is 5. The van der Waals surface area contributed by atoms with Crippen molar-refractivity contribution in [3.63, 3.8) is 0 Å². The number of amides is 1. The van der Waals surface area contributed by atoms with Gasteiger partial charge >= 0.3 is 0 Å². The van der Waals surface area contributed by atoms with Crippen LogP contribution in [0.25, 0.3) is 0 Å². The highest BCUT2D eigenvalue weighted by Crippen LogP contribution is 2.19. The van der Waals surface area contributed by atoms with Crippen LogP contribution in [0.4, 0.5) is 5.69 Å². The zero-order valence-corrected chi connectivity index (χ0v) is 13.5. The second-order valence-corrected chi connectivity index (χ2v) is 5.48. The van der Waals surface area contributed by atoms with Crippen molar-refractivity contribution in [3.8, 4) is 0 Å². The number of nitrogens with zero attached hydrogens (tertiary/aromatic N) is 4. The van der Waals surface area contributed by atoms with E-state index in [0.29, 0.717) is 11.5 Å². The van der Waals surface area contributed by atoms with Gasteiger partial charge in [0.05, 0.1) is 0 Å². The number of nitrogens with one attached hydrogen (secondary N) is 2. The van der Waals surface area contributed by atoms with E-state index in [-0.39, 0.29) is 5.91 Å². The van der Waals surface area contributed by atoms with Crippen LogP contribution in [-0.2, 0) is 0 Å². The lowest BCUT2D eigenvalue weighted by Crippen LogP contribution is -2.31. The molecule has 0 aliphatic rings. The lowest BCUT2D eigenvalue weighted by molar-refractivity contribution is 0.0936.